The van der Waals surface area contributed by atoms with E-state index in [1.807, 2.05) is 30.7 Å². The van der Waals surface area contributed by atoms with Gasteiger partial charge in [0.25, 0.3) is 5.92 Å². The number of halogens is 3. The number of hydrogen-bond acceptors (Lipinski definition) is 6. The lowest BCUT2D eigenvalue weighted by atomic mass is 9.68. The normalized spacial score (nSPS) is 24.8. The predicted octanol–water partition coefficient (Wildman–Crippen LogP) is 7.09. The number of hydrogen-bond donors (Lipinski definition) is 3. The summed E-state index contributed by atoms with van der Waals surface area (Å²) in [5, 5.41) is 16.4. The summed E-state index contributed by atoms with van der Waals surface area (Å²) in [5.74, 6) is -3.69. The summed E-state index contributed by atoms with van der Waals surface area (Å²) in [6, 6.07) is 6.94. The molecule has 0 saturated heterocycles. The highest BCUT2D eigenvalue weighted by molar-refractivity contribution is 5.50. The molecule has 2 bridgehead atoms. The molecule has 1 aromatic carbocycles. The van der Waals surface area contributed by atoms with Crippen molar-refractivity contribution in [3.05, 3.63) is 94.6 Å². The van der Waals surface area contributed by atoms with E-state index in [4.69, 9.17) is 5.73 Å². The van der Waals surface area contributed by atoms with Crippen LogP contribution in [0.1, 0.15) is 82.3 Å². The first-order chi connectivity index (χ1) is 20.9. The number of nitrogens with one attached hydrogen (secondary N) is 2. The van der Waals surface area contributed by atoms with E-state index in [1.54, 1.807) is 12.3 Å². The molecule has 6 nitrogen and oxygen atoms in total. The number of rotatable bonds is 2. The highest BCUT2D eigenvalue weighted by Gasteiger charge is 2.41. The molecule has 2 aliphatic heterocycles. The van der Waals surface area contributed by atoms with E-state index in [0.29, 0.717) is 44.6 Å². The predicted molar refractivity (Wildman–Crippen MR) is 170 cm³/mol. The van der Waals surface area contributed by atoms with Gasteiger partial charge in [0.2, 0.25) is 0 Å². The average Bonchev–Trinajstić information content (AvgIpc) is 2.99. The van der Waals surface area contributed by atoms with Crippen LogP contribution in [0.3, 0.4) is 0 Å². The van der Waals surface area contributed by atoms with Crippen LogP contribution in [0.5, 0.6) is 0 Å². The number of nitrogens with two attached hydrogens (primary N) is 1. The minimum Gasteiger partial charge on any atom is -0.399 e. The van der Waals surface area contributed by atoms with Crippen molar-refractivity contribution in [2.24, 2.45) is 11.1 Å². The molecule has 1 fully saturated rings. The third-order valence-electron chi connectivity index (χ3n) is 9.24. The maximum absolute atomic E-state index is 15.7. The largest absolute Gasteiger partial charge is 0.399 e. The van der Waals surface area contributed by atoms with Crippen LogP contribution in [0, 0.1) is 22.6 Å². The molecule has 1 aromatic rings. The number of allylic oxidation sites excluding steroid dienone is 4. The van der Waals surface area contributed by atoms with Gasteiger partial charge in [0, 0.05) is 36.9 Å². The topological polar surface area (TPSA) is 80.4 Å². The molecule has 4 N–H and O–H groups in total. The molecule has 1 atom stereocenters. The molecular weight excluding hydrogens is 561 g/mol. The fourth-order valence-corrected chi connectivity index (χ4v) is 6.61. The van der Waals surface area contributed by atoms with Gasteiger partial charge in [0.15, 0.2) is 0 Å². The summed E-state index contributed by atoms with van der Waals surface area (Å²) in [6.07, 6.45) is 10.1. The zero-order chi connectivity index (χ0) is 32.1. The minimum absolute atomic E-state index is 0.272. The van der Waals surface area contributed by atoms with E-state index in [1.165, 1.54) is 12.1 Å². The number of nitriles is 1. The van der Waals surface area contributed by atoms with E-state index in [-0.39, 0.29) is 11.5 Å². The number of alkyl halides is 2. The maximum Gasteiger partial charge on any atom is 0.288 e. The summed E-state index contributed by atoms with van der Waals surface area (Å²) < 4.78 is 46.0. The van der Waals surface area contributed by atoms with Crippen molar-refractivity contribution < 1.29 is 13.2 Å². The molecule has 4 rings (SSSR count). The Morgan fingerprint density at radius 1 is 1.16 bits per heavy atom. The van der Waals surface area contributed by atoms with Crippen LogP contribution in [0.15, 0.2) is 77.7 Å². The van der Waals surface area contributed by atoms with Crippen molar-refractivity contribution in [2.75, 3.05) is 33.2 Å². The van der Waals surface area contributed by atoms with Gasteiger partial charge in [-0.05, 0) is 74.3 Å². The van der Waals surface area contributed by atoms with Crippen LogP contribution in [0.4, 0.5) is 13.2 Å². The highest BCUT2D eigenvalue weighted by Crippen LogP contribution is 2.49. The summed E-state index contributed by atoms with van der Waals surface area (Å²) in [5.41, 5.74) is 9.52. The van der Waals surface area contributed by atoms with Gasteiger partial charge >= 0.3 is 0 Å². The zero-order valence-corrected chi connectivity index (χ0v) is 26.4. The second kappa shape index (κ2) is 14.0. The van der Waals surface area contributed by atoms with Crippen molar-refractivity contribution >= 4 is 0 Å². The number of benzene rings is 1. The quantitative estimate of drug-likeness (QED) is 0.333. The Kier molecular flexibility index (Phi) is 10.6. The Morgan fingerprint density at radius 3 is 2.57 bits per heavy atom. The fourth-order valence-electron chi connectivity index (χ4n) is 6.61. The van der Waals surface area contributed by atoms with Crippen molar-refractivity contribution in [3.63, 3.8) is 0 Å². The third-order valence-corrected chi connectivity index (χ3v) is 9.24. The van der Waals surface area contributed by atoms with E-state index in [0.717, 1.165) is 60.5 Å². The molecule has 9 heteroatoms. The average molecular weight is 609 g/mol. The van der Waals surface area contributed by atoms with Crippen molar-refractivity contribution in [2.45, 2.75) is 77.1 Å². The van der Waals surface area contributed by atoms with Gasteiger partial charge in [-0.25, -0.2) is 4.39 Å². The highest BCUT2D eigenvalue weighted by atomic mass is 19.3. The molecular formula is C35H47F3N6. The van der Waals surface area contributed by atoms with Gasteiger partial charge in [0.05, 0.1) is 30.1 Å². The van der Waals surface area contributed by atoms with Gasteiger partial charge < -0.3 is 26.2 Å². The van der Waals surface area contributed by atoms with E-state index in [2.05, 4.69) is 35.9 Å². The molecule has 0 radical (unpaired) electrons. The van der Waals surface area contributed by atoms with Crippen molar-refractivity contribution in [1.29, 1.82) is 5.26 Å². The SMILES string of the molecule is C=C1C(C2(C#N)CCCCC2)=CC2=C(N1C)N(C(=C)C)C/C(N)=C/NCCCNCC(F)(F)c1cccc(c1F)[C@@H](C)CC2. The Labute approximate surface area is 260 Å². The lowest BCUT2D eigenvalue weighted by Gasteiger charge is -2.44. The Hall–Kier alpha value is -3.64. The molecule has 0 unspecified atom stereocenters. The Balaban J connectivity index is 1.83. The minimum atomic E-state index is -3.35. The smallest absolute Gasteiger partial charge is 0.288 e. The Morgan fingerprint density at radius 2 is 1.89 bits per heavy atom. The summed E-state index contributed by atoms with van der Waals surface area (Å²) in [6.45, 7) is 13.1. The second-order valence-electron chi connectivity index (χ2n) is 12.5. The molecule has 1 saturated carbocycles. The first kappa shape index (κ1) is 33.3. The van der Waals surface area contributed by atoms with Crippen molar-refractivity contribution in [3.8, 4) is 6.07 Å². The zero-order valence-electron chi connectivity index (χ0n) is 26.4. The first-order valence-corrected chi connectivity index (χ1v) is 15.7. The standard InChI is InChI=1S/C35H47F3N6/c1-24(2)44-21-28(40)20-41-17-10-18-42-23-35(37,38)30-12-9-11-29(32(30)36)25(3)13-14-27-19-31(26(4)43(5)33(27)44)34(22-39)15-7-6-8-16-34/h9,11-12,19-20,25,41-42H,1,4,6-8,10,13-18,21,23,40H2,2-3,5H3/b28-20-/t25-/m0/s1. The summed E-state index contributed by atoms with van der Waals surface area (Å²) in [7, 11) is 1.95. The number of fused-ring (bicyclic) bond motifs is 2. The van der Waals surface area contributed by atoms with E-state index < -0.39 is 29.3 Å². The van der Waals surface area contributed by atoms with Crippen LogP contribution in [-0.2, 0) is 5.92 Å². The second-order valence-corrected chi connectivity index (χ2v) is 12.5. The molecule has 0 aromatic heterocycles. The molecule has 1 aliphatic carbocycles. The van der Waals surface area contributed by atoms with Gasteiger partial charge in [-0.15, -0.1) is 0 Å². The third kappa shape index (κ3) is 7.02. The summed E-state index contributed by atoms with van der Waals surface area (Å²) in [4.78, 5) is 4.07. The van der Waals surface area contributed by atoms with Gasteiger partial charge in [0.1, 0.15) is 11.6 Å². The van der Waals surface area contributed by atoms with Crippen molar-refractivity contribution in [1.82, 2.24) is 20.4 Å². The fraction of sp³-hybridized carbons (Fsp3) is 0.514. The lowest BCUT2D eigenvalue weighted by Crippen LogP contribution is -2.40. The van der Waals surface area contributed by atoms with Crippen LogP contribution in [-0.4, -0.2) is 43.0 Å². The first-order valence-electron chi connectivity index (χ1n) is 15.7. The van der Waals surface area contributed by atoms with Gasteiger partial charge in [-0.2, -0.15) is 14.0 Å². The van der Waals surface area contributed by atoms with Crippen LogP contribution >= 0.6 is 0 Å². The molecule has 3 aliphatic rings. The molecule has 238 valence electrons. The summed E-state index contributed by atoms with van der Waals surface area (Å²) >= 11 is 0. The van der Waals surface area contributed by atoms with Gasteiger partial charge in [-0.1, -0.05) is 57.5 Å². The monoisotopic (exact) mass is 608 g/mol. The Bertz CT molecular complexity index is 1380. The lowest BCUT2D eigenvalue weighted by molar-refractivity contribution is -0.00658. The maximum atomic E-state index is 15.7. The molecule has 0 amide bonds. The molecule has 0 spiro atoms. The molecule has 2 heterocycles. The number of nitrogens with zero attached hydrogens (tertiary/aromatic N) is 3. The number of likely N-dealkylation sites (N-methyl/N-ethyl adjacent to an activating group) is 1. The van der Waals surface area contributed by atoms with E-state index in [9.17, 15) is 5.26 Å². The van der Waals surface area contributed by atoms with Crippen LogP contribution < -0.4 is 16.4 Å². The molecule has 44 heavy (non-hydrogen) atoms. The van der Waals surface area contributed by atoms with Crippen LogP contribution in [0.25, 0.3) is 0 Å². The van der Waals surface area contributed by atoms with Gasteiger partial charge in [-0.3, -0.25) is 0 Å². The van der Waals surface area contributed by atoms with E-state index >= 15 is 13.2 Å². The van der Waals surface area contributed by atoms with Crippen LogP contribution in [0.2, 0.25) is 0 Å².